The highest BCUT2D eigenvalue weighted by atomic mass is 19.1. The molecule has 0 aliphatic carbocycles. The van der Waals surface area contributed by atoms with Crippen LogP contribution < -0.4 is 5.32 Å². The highest BCUT2D eigenvalue weighted by molar-refractivity contribution is 4.99. The molecule has 0 saturated carbocycles. The zero-order valence-corrected chi connectivity index (χ0v) is 7.52. The van der Waals surface area contributed by atoms with Gasteiger partial charge in [0.25, 0.3) is 0 Å². The maximum absolute atomic E-state index is 13.2. The molecule has 0 unspecified atom stereocenters. The molecule has 12 heavy (non-hydrogen) atoms. The molecule has 1 aromatic heterocycles. The van der Waals surface area contributed by atoms with Crippen molar-refractivity contribution in [3.05, 3.63) is 17.8 Å². The molecule has 0 atom stereocenters. The summed E-state index contributed by atoms with van der Waals surface area (Å²) in [5, 5.41) is 2.89. The molecule has 0 radical (unpaired) electrons. The SMILES string of the molecule is CNCc1cnc(C(C)(C)F)o1. The summed E-state index contributed by atoms with van der Waals surface area (Å²) in [5.41, 5.74) is -1.49. The molecule has 0 saturated heterocycles. The summed E-state index contributed by atoms with van der Waals surface area (Å²) in [6.07, 6.45) is 1.53. The lowest BCUT2D eigenvalue weighted by atomic mass is 10.2. The standard InChI is InChI=1S/C8H13FN2O/c1-8(2,9)7-11-5-6(12-7)4-10-3/h5,10H,4H2,1-3H3. The molecule has 68 valence electrons. The van der Waals surface area contributed by atoms with Crippen LogP contribution in [0, 0.1) is 0 Å². The van der Waals surface area contributed by atoms with E-state index in [-0.39, 0.29) is 5.89 Å². The molecule has 0 fully saturated rings. The highest BCUT2D eigenvalue weighted by Crippen LogP contribution is 2.23. The number of hydrogen-bond acceptors (Lipinski definition) is 3. The summed E-state index contributed by atoms with van der Waals surface area (Å²) < 4.78 is 18.3. The Kier molecular flexibility index (Phi) is 2.47. The molecule has 3 nitrogen and oxygen atoms in total. The van der Waals surface area contributed by atoms with Crippen LogP contribution in [0.3, 0.4) is 0 Å². The van der Waals surface area contributed by atoms with Gasteiger partial charge in [-0.1, -0.05) is 0 Å². The first-order chi connectivity index (χ1) is 5.54. The summed E-state index contributed by atoms with van der Waals surface area (Å²) in [5.74, 6) is 0.783. The van der Waals surface area contributed by atoms with Gasteiger partial charge in [-0.05, 0) is 20.9 Å². The smallest absolute Gasteiger partial charge is 0.231 e. The Morgan fingerprint density at radius 2 is 2.33 bits per heavy atom. The lowest BCUT2D eigenvalue weighted by Gasteiger charge is -2.07. The second-order valence-corrected chi connectivity index (χ2v) is 3.13. The van der Waals surface area contributed by atoms with E-state index in [1.165, 1.54) is 20.0 Å². The predicted molar refractivity (Wildman–Crippen MR) is 43.4 cm³/mol. The molecule has 4 heteroatoms. The Bertz CT molecular complexity index is 252. The number of nitrogens with one attached hydrogen (secondary N) is 1. The summed E-state index contributed by atoms with van der Waals surface area (Å²) in [6.45, 7) is 3.41. The molecule has 0 amide bonds. The molecule has 1 aromatic rings. The third kappa shape index (κ3) is 2.04. The largest absolute Gasteiger partial charge is 0.441 e. The van der Waals surface area contributed by atoms with Crippen LogP contribution in [0.5, 0.6) is 0 Å². The minimum Gasteiger partial charge on any atom is -0.441 e. The van der Waals surface area contributed by atoms with E-state index in [9.17, 15) is 4.39 Å². The number of halogens is 1. The third-order valence-corrected chi connectivity index (χ3v) is 1.41. The van der Waals surface area contributed by atoms with E-state index >= 15 is 0 Å². The fourth-order valence-electron chi connectivity index (χ4n) is 0.838. The molecule has 0 aliphatic heterocycles. The second-order valence-electron chi connectivity index (χ2n) is 3.13. The van der Waals surface area contributed by atoms with Gasteiger partial charge in [-0.15, -0.1) is 0 Å². The topological polar surface area (TPSA) is 38.1 Å². The van der Waals surface area contributed by atoms with Crippen molar-refractivity contribution in [2.45, 2.75) is 26.1 Å². The zero-order chi connectivity index (χ0) is 9.19. The van der Waals surface area contributed by atoms with E-state index in [1.54, 1.807) is 7.05 Å². The molecule has 1 heterocycles. The Labute approximate surface area is 71.0 Å². The van der Waals surface area contributed by atoms with Crippen molar-refractivity contribution < 1.29 is 8.81 Å². The van der Waals surface area contributed by atoms with E-state index in [1.807, 2.05) is 0 Å². The van der Waals surface area contributed by atoms with Gasteiger partial charge >= 0.3 is 0 Å². The molecule has 0 aromatic carbocycles. The summed E-state index contributed by atoms with van der Waals surface area (Å²) in [6, 6.07) is 0. The van der Waals surface area contributed by atoms with Gasteiger partial charge < -0.3 is 9.73 Å². The van der Waals surface area contributed by atoms with E-state index in [2.05, 4.69) is 10.3 Å². The average Bonchev–Trinajstić information content (AvgIpc) is 2.35. The normalized spacial score (nSPS) is 12.0. The number of oxazole rings is 1. The average molecular weight is 172 g/mol. The Morgan fingerprint density at radius 3 is 2.75 bits per heavy atom. The number of nitrogens with zero attached hydrogens (tertiary/aromatic N) is 1. The van der Waals surface area contributed by atoms with Crippen molar-refractivity contribution >= 4 is 0 Å². The number of hydrogen-bond donors (Lipinski definition) is 1. The van der Waals surface area contributed by atoms with Gasteiger partial charge in [0.05, 0.1) is 12.7 Å². The van der Waals surface area contributed by atoms with Crippen LogP contribution >= 0.6 is 0 Å². The minimum atomic E-state index is -1.49. The maximum atomic E-state index is 13.2. The van der Waals surface area contributed by atoms with Gasteiger partial charge in [-0.2, -0.15) is 0 Å². The van der Waals surface area contributed by atoms with Gasteiger partial charge in [-0.3, -0.25) is 0 Å². The van der Waals surface area contributed by atoms with Gasteiger partial charge in [0.15, 0.2) is 5.67 Å². The predicted octanol–water partition coefficient (Wildman–Crippen LogP) is 1.60. The van der Waals surface area contributed by atoms with Crippen molar-refractivity contribution in [2.24, 2.45) is 0 Å². The summed E-state index contributed by atoms with van der Waals surface area (Å²) >= 11 is 0. The van der Waals surface area contributed by atoms with Crippen molar-refractivity contribution in [2.75, 3.05) is 7.05 Å². The van der Waals surface area contributed by atoms with E-state index in [4.69, 9.17) is 4.42 Å². The van der Waals surface area contributed by atoms with Crippen LogP contribution in [0.4, 0.5) is 4.39 Å². The molecule has 1 N–H and O–H groups in total. The first-order valence-electron chi connectivity index (χ1n) is 3.82. The minimum absolute atomic E-state index is 0.132. The third-order valence-electron chi connectivity index (χ3n) is 1.41. The lowest BCUT2D eigenvalue weighted by molar-refractivity contribution is 0.167. The fraction of sp³-hybridized carbons (Fsp3) is 0.625. The fourth-order valence-corrected chi connectivity index (χ4v) is 0.838. The van der Waals surface area contributed by atoms with Crippen LogP contribution in [0.1, 0.15) is 25.5 Å². The van der Waals surface area contributed by atoms with Crippen LogP contribution in [0.25, 0.3) is 0 Å². The lowest BCUT2D eigenvalue weighted by Crippen LogP contribution is -2.09. The van der Waals surface area contributed by atoms with E-state index < -0.39 is 5.67 Å². The van der Waals surface area contributed by atoms with Gasteiger partial charge in [0.2, 0.25) is 5.89 Å². The van der Waals surface area contributed by atoms with Crippen molar-refractivity contribution in [3.63, 3.8) is 0 Å². The molecular weight excluding hydrogens is 159 g/mol. The highest BCUT2D eigenvalue weighted by Gasteiger charge is 2.24. The quantitative estimate of drug-likeness (QED) is 0.752. The van der Waals surface area contributed by atoms with Gasteiger partial charge in [0.1, 0.15) is 5.76 Å². The second kappa shape index (κ2) is 3.23. The Balaban J connectivity index is 2.77. The van der Waals surface area contributed by atoms with Crippen molar-refractivity contribution in [1.29, 1.82) is 0 Å². The van der Waals surface area contributed by atoms with Gasteiger partial charge in [-0.25, -0.2) is 9.37 Å². The molecule has 0 spiro atoms. The van der Waals surface area contributed by atoms with Crippen LogP contribution in [-0.2, 0) is 12.2 Å². The molecule has 1 rings (SSSR count). The number of rotatable bonds is 3. The molecule has 0 bridgehead atoms. The molecular formula is C8H13FN2O. The summed E-state index contributed by atoms with van der Waals surface area (Å²) in [4.78, 5) is 3.82. The molecule has 0 aliphatic rings. The Hall–Kier alpha value is -0.900. The van der Waals surface area contributed by atoms with Crippen LogP contribution in [-0.4, -0.2) is 12.0 Å². The first-order valence-corrected chi connectivity index (χ1v) is 3.82. The number of aromatic nitrogens is 1. The van der Waals surface area contributed by atoms with Crippen molar-refractivity contribution in [1.82, 2.24) is 10.3 Å². The Morgan fingerprint density at radius 1 is 1.67 bits per heavy atom. The van der Waals surface area contributed by atoms with Crippen LogP contribution in [0.15, 0.2) is 10.6 Å². The zero-order valence-electron chi connectivity index (χ0n) is 7.52. The van der Waals surface area contributed by atoms with Crippen LogP contribution in [0.2, 0.25) is 0 Å². The first kappa shape index (κ1) is 9.19. The van der Waals surface area contributed by atoms with Gasteiger partial charge in [0, 0.05) is 0 Å². The maximum Gasteiger partial charge on any atom is 0.231 e. The number of alkyl halides is 1. The van der Waals surface area contributed by atoms with Crippen molar-refractivity contribution in [3.8, 4) is 0 Å². The summed E-state index contributed by atoms with van der Waals surface area (Å²) in [7, 11) is 1.79. The van der Waals surface area contributed by atoms with E-state index in [0.717, 1.165) is 0 Å². The monoisotopic (exact) mass is 172 g/mol. The van der Waals surface area contributed by atoms with E-state index in [0.29, 0.717) is 12.3 Å².